The number of anilines is 1. The molecule has 0 spiro atoms. The van der Waals surface area contributed by atoms with Gasteiger partial charge in [-0.05, 0) is 29.2 Å². The summed E-state index contributed by atoms with van der Waals surface area (Å²) in [5, 5.41) is 3.26. The molecule has 4 heteroatoms. The Bertz CT molecular complexity index is 606. The van der Waals surface area contributed by atoms with E-state index in [0.717, 1.165) is 5.69 Å². The van der Waals surface area contributed by atoms with Gasteiger partial charge in [-0.2, -0.15) is 0 Å². The minimum absolute atomic E-state index is 0.148. The smallest absolute Gasteiger partial charge is 0.341 e. The van der Waals surface area contributed by atoms with Crippen molar-refractivity contribution in [2.24, 2.45) is 0 Å². The van der Waals surface area contributed by atoms with Crippen LogP contribution in [-0.4, -0.2) is 13.1 Å². The molecule has 1 aromatic heterocycles. The van der Waals surface area contributed by atoms with Crippen molar-refractivity contribution in [2.45, 2.75) is 32.7 Å². The lowest BCUT2D eigenvalue weighted by atomic mass is 9.87. The molecule has 1 aromatic carbocycles. The second kappa shape index (κ2) is 6.04. The number of methoxy groups -OCH3 is 1. The van der Waals surface area contributed by atoms with Crippen LogP contribution in [0, 0.1) is 0 Å². The minimum Gasteiger partial charge on any atom is -0.467 e. The van der Waals surface area contributed by atoms with E-state index < -0.39 is 0 Å². The van der Waals surface area contributed by atoms with E-state index in [9.17, 15) is 4.79 Å². The monoisotopic (exact) mass is 287 g/mol. The lowest BCUT2D eigenvalue weighted by Gasteiger charge is -2.19. The number of hydrogen-bond acceptors (Lipinski definition) is 4. The molecular weight excluding hydrogens is 266 g/mol. The van der Waals surface area contributed by atoms with Crippen LogP contribution >= 0.6 is 0 Å². The maximum atomic E-state index is 11.3. The van der Waals surface area contributed by atoms with E-state index in [2.05, 4.69) is 43.0 Å². The number of furan rings is 1. The van der Waals surface area contributed by atoms with Crippen molar-refractivity contribution in [3.8, 4) is 0 Å². The molecule has 21 heavy (non-hydrogen) atoms. The zero-order chi connectivity index (χ0) is 15.5. The number of benzene rings is 1. The molecule has 112 valence electrons. The van der Waals surface area contributed by atoms with Gasteiger partial charge in [0.15, 0.2) is 0 Å². The van der Waals surface area contributed by atoms with E-state index in [1.807, 2.05) is 12.1 Å². The van der Waals surface area contributed by atoms with Crippen LogP contribution in [0.25, 0.3) is 0 Å². The number of carbonyl (C=O) groups is 1. The Labute approximate surface area is 125 Å². The number of rotatable bonds is 4. The number of ether oxygens (including phenoxy) is 1. The Balaban J connectivity index is 1.97. The van der Waals surface area contributed by atoms with Gasteiger partial charge in [0.25, 0.3) is 0 Å². The number of nitrogens with one attached hydrogen (secondary N) is 1. The molecular formula is C17H21NO3. The summed E-state index contributed by atoms with van der Waals surface area (Å²) in [6.07, 6.45) is 1.41. The Morgan fingerprint density at radius 1 is 1.24 bits per heavy atom. The standard InChI is InChI=1S/C17H21NO3/c1-17(2,3)13-5-7-14(8-6-13)18-10-15-9-12(11-21-15)16(19)20-4/h5-9,11,18H,10H2,1-4H3. The van der Waals surface area contributed by atoms with Crippen LogP contribution in [0.15, 0.2) is 41.0 Å². The van der Waals surface area contributed by atoms with E-state index in [4.69, 9.17) is 4.42 Å². The molecule has 0 aliphatic heterocycles. The highest BCUT2D eigenvalue weighted by atomic mass is 16.5. The Hall–Kier alpha value is -2.23. The Morgan fingerprint density at radius 2 is 1.90 bits per heavy atom. The van der Waals surface area contributed by atoms with Crippen LogP contribution < -0.4 is 5.32 Å². The molecule has 4 nitrogen and oxygen atoms in total. The molecule has 0 bridgehead atoms. The fourth-order valence-corrected chi connectivity index (χ4v) is 1.98. The summed E-state index contributed by atoms with van der Waals surface area (Å²) < 4.78 is 9.96. The molecule has 0 aliphatic rings. The summed E-state index contributed by atoms with van der Waals surface area (Å²) in [5.74, 6) is 0.301. The first-order valence-corrected chi connectivity index (χ1v) is 6.90. The Morgan fingerprint density at radius 3 is 2.48 bits per heavy atom. The molecule has 0 amide bonds. The molecule has 0 fully saturated rings. The second-order valence-corrected chi connectivity index (χ2v) is 5.97. The highest BCUT2D eigenvalue weighted by molar-refractivity contribution is 5.88. The van der Waals surface area contributed by atoms with Crippen molar-refractivity contribution >= 4 is 11.7 Å². The summed E-state index contributed by atoms with van der Waals surface area (Å²) in [4.78, 5) is 11.3. The van der Waals surface area contributed by atoms with Crippen LogP contribution in [0.4, 0.5) is 5.69 Å². The highest BCUT2D eigenvalue weighted by Gasteiger charge is 2.13. The van der Waals surface area contributed by atoms with Crippen molar-refractivity contribution in [1.29, 1.82) is 0 Å². The number of esters is 1. The van der Waals surface area contributed by atoms with Crippen LogP contribution in [0.5, 0.6) is 0 Å². The van der Waals surface area contributed by atoms with Crippen molar-refractivity contribution in [3.05, 3.63) is 53.5 Å². The molecule has 0 saturated heterocycles. The highest BCUT2D eigenvalue weighted by Crippen LogP contribution is 2.23. The first kappa shape index (κ1) is 15.2. The molecule has 0 unspecified atom stereocenters. The second-order valence-electron chi connectivity index (χ2n) is 5.97. The van der Waals surface area contributed by atoms with Crippen LogP contribution in [0.3, 0.4) is 0 Å². The van der Waals surface area contributed by atoms with Crippen molar-refractivity contribution in [1.82, 2.24) is 0 Å². The lowest BCUT2D eigenvalue weighted by molar-refractivity contribution is 0.0600. The van der Waals surface area contributed by atoms with E-state index in [0.29, 0.717) is 17.9 Å². The van der Waals surface area contributed by atoms with Gasteiger partial charge < -0.3 is 14.5 Å². The molecule has 0 aliphatic carbocycles. The molecule has 1 N–H and O–H groups in total. The Kier molecular flexibility index (Phi) is 4.36. The van der Waals surface area contributed by atoms with E-state index in [1.165, 1.54) is 18.9 Å². The van der Waals surface area contributed by atoms with Gasteiger partial charge in [0.1, 0.15) is 12.0 Å². The normalized spacial score (nSPS) is 11.2. The predicted molar refractivity (Wildman–Crippen MR) is 82.5 cm³/mol. The summed E-state index contributed by atoms with van der Waals surface area (Å²) in [6.45, 7) is 7.08. The van der Waals surface area contributed by atoms with Gasteiger partial charge in [-0.1, -0.05) is 32.9 Å². The van der Waals surface area contributed by atoms with Gasteiger partial charge in [-0.3, -0.25) is 0 Å². The molecule has 0 saturated carbocycles. The number of carbonyl (C=O) groups excluding carboxylic acids is 1. The molecule has 2 aromatic rings. The molecule has 0 radical (unpaired) electrons. The summed E-state index contributed by atoms with van der Waals surface area (Å²) >= 11 is 0. The van der Waals surface area contributed by atoms with E-state index in [1.54, 1.807) is 6.07 Å². The zero-order valence-corrected chi connectivity index (χ0v) is 12.9. The van der Waals surface area contributed by atoms with Crippen molar-refractivity contribution < 1.29 is 13.9 Å². The number of hydrogen-bond donors (Lipinski definition) is 1. The first-order chi connectivity index (χ1) is 9.90. The minimum atomic E-state index is -0.389. The molecule has 1 heterocycles. The molecule has 0 atom stereocenters. The predicted octanol–water partition coefficient (Wildman–Crippen LogP) is 3.98. The average Bonchev–Trinajstić information content (AvgIpc) is 2.92. The third-order valence-corrected chi connectivity index (χ3v) is 3.29. The van der Waals surface area contributed by atoms with Gasteiger partial charge >= 0.3 is 5.97 Å². The maximum Gasteiger partial charge on any atom is 0.341 e. The van der Waals surface area contributed by atoms with Crippen LogP contribution in [-0.2, 0) is 16.7 Å². The molecule has 2 rings (SSSR count). The summed E-state index contributed by atoms with van der Waals surface area (Å²) in [5.41, 5.74) is 2.88. The SMILES string of the molecule is COC(=O)c1coc(CNc2ccc(C(C)(C)C)cc2)c1. The topological polar surface area (TPSA) is 51.5 Å². The third kappa shape index (κ3) is 3.88. The van der Waals surface area contributed by atoms with Gasteiger partial charge in [0, 0.05) is 5.69 Å². The van der Waals surface area contributed by atoms with Crippen molar-refractivity contribution in [3.63, 3.8) is 0 Å². The third-order valence-electron chi connectivity index (χ3n) is 3.29. The fraction of sp³-hybridized carbons (Fsp3) is 0.353. The zero-order valence-electron chi connectivity index (χ0n) is 12.9. The summed E-state index contributed by atoms with van der Waals surface area (Å²) in [7, 11) is 1.35. The van der Waals surface area contributed by atoms with Gasteiger partial charge in [-0.15, -0.1) is 0 Å². The lowest BCUT2D eigenvalue weighted by Crippen LogP contribution is -2.10. The average molecular weight is 287 g/mol. The summed E-state index contributed by atoms with van der Waals surface area (Å²) in [6, 6.07) is 10.0. The fourth-order valence-electron chi connectivity index (χ4n) is 1.98. The van der Waals surface area contributed by atoms with Crippen LogP contribution in [0.1, 0.15) is 42.5 Å². The van der Waals surface area contributed by atoms with Gasteiger partial charge in [-0.25, -0.2) is 4.79 Å². The quantitative estimate of drug-likeness (QED) is 0.864. The maximum absolute atomic E-state index is 11.3. The van der Waals surface area contributed by atoms with Crippen LogP contribution in [0.2, 0.25) is 0 Å². The van der Waals surface area contributed by atoms with Gasteiger partial charge in [0.05, 0.1) is 19.2 Å². The van der Waals surface area contributed by atoms with E-state index >= 15 is 0 Å². The van der Waals surface area contributed by atoms with Crippen molar-refractivity contribution in [2.75, 3.05) is 12.4 Å². The van der Waals surface area contributed by atoms with Gasteiger partial charge in [0.2, 0.25) is 0 Å². The first-order valence-electron chi connectivity index (χ1n) is 6.90. The van der Waals surface area contributed by atoms with E-state index in [-0.39, 0.29) is 11.4 Å². The largest absolute Gasteiger partial charge is 0.467 e.